The first-order valence-electron chi connectivity index (χ1n) is 25.4. The number of carbonyl (C=O) groups excluding carboxylic acids is 1. The molecule has 5 aliphatic rings. The molecule has 0 aromatic carbocycles. The van der Waals surface area contributed by atoms with Crippen molar-refractivity contribution in [1.82, 2.24) is 0 Å². The SMILES string of the molecule is C/C(=C/CO)CC/C=C(\C)C(=O)O[C@H]1[C@H](O[C@@H]2[C@@H](O)[C@H](C)O[C@@H](OC/C=C(\C)CC/C=C(\C)CO[C@@H]3O[C@@H](C)[C@H](O)[C@@H](O[C@@H]4O[C@H](CO)[C@@H](O)[C@H](O)[C@H]4O)[C@H]3O)[C@@H]2O)O[C@@H](C)[C@H](O)[C@H]1O[C@@H]1O[C@@H](C)[C@H](O)[C@@H](O)[C@H]1O. The summed E-state index contributed by atoms with van der Waals surface area (Å²) >= 11 is 0. The van der Waals surface area contributed by atoms with E-state index in [1.165, 1.54) is 34.6 Å². The van der Waals surface area contributed by atoms with Crippen molar-refractivity contribution in [3.05, 3.63) is 46.6 Å². The van der Waals surface area contributed by atoms with Crippen LogP contribution in [0.1, 0.15) is 81.1 Å². The first kappa shape index (κ1) is 63.3. The zero-order valence-electron chi connectivity index (χ0n) is 43.6. The molecule has 0 bridgehead atoms. The highest BCUT2D eigenvalue weighted by Crippen LogP contribution is 2.35. The van der Waals surface area contributed by atoms with Gasteiger partial charge in [-0.15, -0.1) is 0 Å². The Bertz CT molecular complexity index is 1900. The molecule has 5 heterocycles. The molecule has 432 valence electrons. The summed E-state index contributed by atoms with van der Waals surface area (Å²) in [5.74, 6) is -0.877. The lowest BCUT2D eigenvalue weighted by molar-refractivity contribution is -0.375. The van der Waals surface area contributed by atoms with Crippen LogP contribution in [0, 0.1) is 0 Å². The summed E-state index contributed by atoms with van der Waals surface area (Å²) in [6, 6.07) is 0. The van der Waals surface area contributed by atoms with Crippen LogP contribution in [0.3, 0.4) is 0 Å². The molecule has 5 saturated heterocycles. The second-order valence-electron chi connectivity index (χ2n) is 20.1. The molecule has 0 saturated carbocycles. The Morgan fingerprint density at radius 2 is 0.893 bits per heavy atom. The van der Waals surface area contributed by atoms with Crippen molar-refractivity contribution in [2.45, 2.75) is 235 Å². The van der Waals surface area contributed by atoms with Gasteiger partial charge in [0.05, 0.1) is 50.8 Å². The van der Waals surface area contributed by atoms with Gasteiger partial charge in [0.25, 0.3) is 0 Å². The predicted molar refractivity (Wildman–Crippen MR) is 256 cm³/mol. The average Bonchev–Trinajstić information content (AvgIpc) is 3.37. The maximum atomic E-state index is 13.7. The number of esters is 1. The maximum Gasteiger partial charge on any atom is 0.333 e. The minimum absolute atomic E-state index is 0.00325. The molecular formula is C50H82O25. The molecule has 5 aliphatic heterocycles. The lowest BCUT2D eigenvalue weighted by atomic mass is 9.96. The molecule has 25 heteroatoms. The molecule has 25 atom stereocenters. The van der Waals surface area contributed by atoms with Gasteiger partial charge in [0, 0.05) is 5.57 Å². The van der Waals surface area contributed by atoms with Gasteiger partial charge in [-0.3, -0.25) is 0 Å². The van der Waals surface area contributed by atoms with Crippen LogP contribution in [0.5, 0.6) is 0 Å². The minimum atomic E-state index is -1.80. The maximum absolute atomic E-state index is 13.7. The topological polar surface area (TPSA) is 382 Å². The van der Waals surface area contributed by atoms with Crippen LogP contribution in [-0.2, 0) is 56.9 Å². The van der Waals surface area contributed by atoms with Crippen molar-refractivity contribution in [2.24, 2.45) is 0 Å². The fraction of sp³-hybridized carbons (Fsp3) is 0.820. The Hall–Kier alpha value is -2.49. The van der Waals surface area contributed by atoms with Crippen molar-refractivity contribution >= 4 is 5.97 Å². The van der Waals surface area contributed by atoms with Gasteiger partial charge in [-0.2, -0.15) is 0 Å². The van der Waals surface area contributed by atoms with Crippen LogP contribution in [0.25, 0.3) is 0 Å². The molecule has 75 heavy (non-hydrogen) atoms. The van der Waals surface area contributed by atoms with Crippen molar-refractivity contribution in [3.63, 3.8) is 0 Å². The van der Waals surface area contributed by atoms with E-state index in [1.807, 2.05) is 19.9 Å². The van der Waals surface area contributed by atoms with Gasteiger partial charge in [0.1, 0.15) is 91.6 Å². The number of hydrogen-bond acceptors (Lipinski definition) is 25. The summed E-state index contributed by atoms with van der Waals surface area (Å²) in [6.07, 6.45) is -27.9. The van der Waals surface area contributed by atoms with Crippen molar-refractivity contribution in [2.75, 3.05) is 26.4 Å². The van der Waals surface area contributed by atoms with Crippen LogP contribution in [-0.4, -0.2) is 252 Å². The summed E-state index contributed by atoms with van der Waals surface area (Å²) in [5, 5.41) is 137. The molecular weight excluding hydrogens is 1000 g/mol. The van der Waals surface area contributed by atoms with E-state index in [-0.39, 0.29) is 25.4 Å². The summed E-state index contributed by atoms with van der Waals surface area (Å²) in [7, 11) is 0. The smallest absolute Gasteiger partial charge is 0.333 e. The van der Waals surface area contributed by atoms with Crippen LogP contribution < -0.4 is 0 Å². The van der Waals surface area contributed by atoms with Gasteiger partial charge < -0.3 is 118 Å². The normalized spacial score (nSPS) is 43.7. The van der Waals surface area contributed by atoms with Gasteiger partial charge >= 0.3 is 5.97 Å². The van der Waals surface area contributed by atoms with Crippen molar-refractivity contribution in [1.29, 1.82) is 0 Å². The number of hydrogen-bond donors (Lipinski definition) is 13. The van der Waals surface area contributed by atoms with Gasteiger partial charge in [0.2, 0.25) is 0 Å². The van der Waals surface area contributed by atoms with Gasteiger partial charge in [-0.1, -0.05) is 41.0 Å². The van der Waals surface area contributed by atoms with E-state index in [0.717, 1.165) is 16.7 Å². The molecule has 0 radical (unpaired) electrons. The highest BCUT2D eigenvalue weighted by Gasteiger charge is 2.55. The second-order valence-corrected chi connectivity index (χ2v) is 20.1. The third-order valence-electron chi connectivity index (χ3n) is 14.0. The van der Waals surface area contributed by atoms with Crippen molar-refractivity contribution < 1.29 is 123 Å². The zero-order chi connectivity index (χ0) is 55.6. The minimum Gasteiger partial charge on any atom is -0.451 e. The van der Waals surface area contributed by atoms with E-state index < -0.39 is 166 Å². The Kier molecular flexibility index (Phi) is 24.6. The number of carbonyl (C=O) groups is 1. The number of aliphatic hydroxyl groups excluding tert-OH is 13. The van der Waals surface area contributed by atoms with Gasteiger partial charge in [-0.05, 0) is 81.1 Å². The van der Waals surface area contributed by atoms with E-state index in [0.29, 0.717) is 25.7 Å². The molecule has 0 unspecified atom stereocenters. The summed E-state index contributed by atoms with van der Waals surface area (Å²) in [4.78, 5) is 13.7. The molecule has 25 nitrogen and oxygen atoms in total. The Morgan fingerprint density at radius 1 is 0.440 bits per heavy atom. The van der Waals surface area contributed by atoms with Crippen LogP contribution >= 0.6 is 0 Å². The first-order valence-corrected chi connectivity index (χ1v) is 25.4. The third kappa shape index (κ3) is 16.3. The third-order valence-corrected chi connectivity index (χ3v) is 14.0. The predicted octanol–water partition coefficient (Wildman–Crippen LogP) is -2.91. The quantitative estimate of drug-likeness (QED) is 0.0294. The zero-order valence-corrected chi connectivity index (χ0v) is 43.6. The Labute approximate surface area is 436 Å². The molecule has 5 rings (SSSR count). The molecule has 5 fully saturated rings. The highest BCUT2D eigenvalue weighted by molar-refractivity contribution is 5.87. The summed E-state index contributed by atoms with van der Waals surface area (Å²) in [5.41, 5.74) is 2.69. The van der Waals surface area contributed by atoms with E-state index in [1.54, 1.807) is 25.2 Å². The number of ether oxygens (including phenoxy) is 11. The number of allylic oxidation sites excluding steroid dienone is 4. The lowest BCUT2D eigenvalue weighted by Gasteiger charge is -2.48. The fourth-order valence-electron chi connectivity index (χ4n) is 9.02. The summed E-state index contributed by atoms with van der Waals surface area (Å²) < 4.78 is 64.2. The molecule has 0 aromatic heterocycles. The Morgan fingerprint density at radius 3 is 1.47 bits per heavy atom. The van der Waals surface area contributed by atoms with E-state index >= 15 is 0 Å². The molecule has 13 N–H and O–H groups in total. The molecule has 0 amide bonds. The van der Waals surface area contributed by atoms with Crippen LogP contribution in [0.15, 0.2) is 46.6 Å². The first-order chi connectivity index (χ1) is 35.4. The molecule has 0 aliphatic carbocycles. The van der Waals surface area contributed by atoms with Crippen LogP contribution in [0.4, 0.5) is 0 Å². The Balaban J connectivity index is 1.19. The van der Waals surface area contributed by atoms with E-state index in [9.17, 15) is 71.2 Å². The monoisotopic (exact) mass is 1080 g/mol. The van der Waals surface area contributed by atoms with Gasteiger partial charge in [0.15, 0.2) is 37.6 Å². The molecule has 0 spiro atoms. The standard InChI is InChI=1S/C50H82O25/c1-21(15-17-51)12-10-14-24(4)45(64)72-44-43(75-48-37(60)35(58)30(53)25(5)69-48)33(56)28(8)70-50(44)74-42-32(55)26(6)67-46(39(42)62)65-18-16-22(2)11-9-13-23(3)20-66-47-40(63)41(31(54)27(7)68-47)73-49-38(61)36(59)34(57)29(19-52)71-49/h13-16,25-44,46-63H,9-12,17-20H2,1-8H3/b21-15-,22-16+,23-13+,24-14+/t25-,26-,27-,28-,29+,30-,31-,32-,33-,34+,35+,36-,37+,38+,39+,40+,41+,42+,43+,44+,46+,47+,48-,49-,50-/m0/s1. The second kappa shape index (κ2) is 29.1. The fourth-order valence-corrected chi connectivity index (χ4v) is 9.02. The van der Waals surface area contributed by atoms with Crippen molar-refractivity contribution in [3.8, 4) is 0 Å². The largest absolute Gasteiger partial charge is 0.451 e. The number of aliphatic hydroxyl groups is 13. The summed E-state index contributed by atoms with van der Waals surface area (Å²) in [6.45, 7) is 12.0. The average molecular weight is 1080 g/mol. The highest BCUT2D eigenvalue weighted by atomic mass is 16.8. The molecule has 0 aromatic rings. The number of rotatable bonds is 22. The van der Waals surface area contributed by atoms with Crippen LogP contribution in [0.2, 0.25) is 0 Å². The van der Waals surface area contributed by atoms with Gasteiger partial charge in [-0.25, -0.2) is 4.79 Å². The lowest BCUT2D eigenvalue weighted by Crippen LogP contribution is -2.66. The van der Waals surface area contributed by atoms with E-state index in [2.05, 4.69) is 0 Å². The van der Waals surface area contributed by atoms with E-state index in [4.69, 9.17) is 52.1 Å².